The van der Waals surface area contributed by atoms with Gasteiger partial charge in [-0.25, -0.2) is 13.1 Å². The molecule has 0 heterocycles. The molecule has 2 rings (SSSR count). The van der Waals surface area contributed by atoms with Crippen LogP contribution in [0.5, 0.6) is 5.75 Å². The van der Waals surface area contributed by atoms with E-state index in [9.17, 15) is 13.2 Å². The molecule has 2 aromatic rings. The van der Waals surface area contributed by atoms with Gasteiger partial charge in [-0.05, 0) is 61.9 Å². The first-order valence-electron chi connectivity index (χ1n) is 7.60. The molecule has 0 spiro atoms. The van der Waals surface area contributed by atoms with Crippen molar-refractivity contribution in [3.05, 3.63) is 53.1 Å². The molecule has 0 saturated carbocycles. The molecule has 0 saturated heterocycles. The van der Waals surface area contributed by atoms with E-state index in [2.05, 4.69) is 10.0 Å². The maximum Gasteiger partial charge on any atom is 0.241 e. The number of anilines is 1. The quantitative estimate of drug-likeness (QED) is 0.771. The summed E-state index contributed by atoms with van der Waals surface area (Å²) >= 11 is 5.89. The highest BCUT2D eigenvalue weighted by atomic mass is 35.5. The summed E-state index contributed by atoms with van der Waals surface area (Å²) in [7, 11) is -3.79. The molecule has 0 radical (unpaired) electrons. The Balaban J connectivity index is 1.95. The lowest BCUT2D eigenvalue weighted by molar-refractivity contribution is -0.115. The van der Waals surface area contributed by atoms with E-state index < -0.39 is 15.9 Å². The van der Waals surface area contributed by atoms with E-state index in [4.69, 9.17) is 16.3 Å². The third-order valence-corrected chi connectivity index (χ3v) is 5.13. The lowest BCUT2D eigenvalue weighted by Crippen LogP contribution is -2.32. The summed E-state index contributed by atoms with van der Waals surface area (Å²) in [6.45, 7) is 3.76. The molecular formula is C17H19ClN2O4S. The number of carbonyl (C=O) groups is 1. The summed E-state index contributed by atoms with van der Waals surface area (Å²) < 4.78 is 32.0. The maximum atomic E-state index is 12.2. The molecule has 2 N–H and O–H groups in total. The summed E-state index contributed by atoms with van der Waals surface area (Å²) in [5.41, 5.74) is 1.19. The summed E-state index contributed by atoms with van der Waals surface area (Å²) in [4.78, 5) is 12.0. The fourth-order valence-electron chi connectivity index (χ4n) is 2.03. The molecule has 0 fully saturated rings. The number of hydrogen-bond acceptors (Lipinski definition) is 4. The van der Waals surface area contributed by atoms with Crippen molar-refractivity contribution < 1.29 is 17.9 Å². The molecule has 0 bridgehead atoms. The second kappa shape index (κ2) is 8.33. The lowest BCUT2D eigenvalue weighted by Gasteiger charge is -2.09. The maximum absolute atomic E-state index is 12.2. The summed E-state index contributed by atoms with van der Waals surface area (Å²) in [5, 5.41) is 3.09. The Morgan fingerprint density at radius 1 is 1.16 bits per heavy atom. The van der Waals surface area contributed by atoms with Crippen LogP contribution in [-0.2, 0) is 14.8 Å². The molecule has 0 aliphatic carbocycles. The van der Waals surface area contributed by atoms with Crippen molar-refractivity contribution in [1.82, 2.24) is 4.72 Å². The van der Waals surface area contributed by atoms with Crippen molar-refractivity contribution >= 4 is 33.2 Å². The standard InChI is InChI=1S/C17H19ClN2O4S/c1-3-24-14-6-4-13(5-7-14)20-17(21)11-19-25(22,23)15-8-9-16(18)12(2)10-15/h4-10,19H,3,11H2,1-2H3,(H,20,21). The minimum absolute atomic E-state index is 0.0586. The minimum atomic E-state index is -3.79. The molecule has 8 heteroatoms. The van der Waals surface area contributed by atoms with Gasteiger partial charge in [-0.1, -0.05) is 11.6 Å². The smallest absolute Gasteiger partial charge is 0.241 e. The highest BCUT2D eigenvalue weighted by Crippen LogP contribution is 2.19. The Morgan fingerprint density at radius 2 is 1.84 bits per heavy atom. The van der Waals surface area contributed by atoms with Gasteiger partial charge < -0.3 is 10.1 Å². The zero-order chi connectivity index (χ0) is 18.4. The first kappa shape index (κ1) is 19.2. The number of hydrogen-bond donors (Lipinski definition) is 2. The van der Waals surface area contributed by atoms with Crippen LogP contribution in [0.4, 0.5) is 5.69 Å². The fraction of sp³-hybridized carbons (Fsp3) is 0.235. The molecule has 0 unspecified atom stereocenters. The Bertz CT molecular complexity index is 851. The SMILES string of the molecule is CCOc1ccc(NC(=O)CNS(=O)(=O)c2ccc(Cl)c(C)c2)cc1. The lowest BCUT2D eigenvalue weighted by atomic mass is 10.2. The topological polar surface area (TPSA) is 84.5 Å². The van der Waals surface area contributed by atoms with Crippen molar-refractivity contribution in [2.24, 2.45) is 0 Å². The number of halogens is 1. The molecule has 25 heavy (non-hydrogen) atoms. The minimum Gasteiger partial charge on any atom is -0.494 e. The van der Waals surface area contributed by atoms with Gasteiger partial charge in [0.25, 0.3) is 0 Å². The van der Waals surface area contributed by atoms with Crippen LogP contribution in [0.15, 0.2) is 47.4 Å². The van der Waals surface area contributed by atoms with Crippen molar-refractivity contribution in [3.8, 4) is 5.75 Å². The van der Waals surface area contributed by atoms with Crippen LogP contribution in [0, 0.1) is 6.92 Å². The predicted octanol–water partition coefficient (Wildman–Crippen LogP) is 2.96. The molecule has 0 aromatic heterocycles. The highest BCUT2D eigenvalue weighted by molar-refractivity contribution is 7.89. The van der Waals surface area contributed by atoms with Crippen molar-refractivity contribution in [3.63, 3.8) is 0 Å². The van der Waals surface area contributed by atoms with Crippen LogP contribution < -0.4 is 14.8 Å². The Morgan fingerprint density at radius 3 is 2.44 bits per heavy atom. The number of benzene rings is 2. The van der Waals surface area contributed by atoms with Gasteiger partial charge in [0, 0.05) is 10.7 Å². The van der Waals surface area contributed by atoms with Crippen LogP contribution in [0.25, 0.3) is 0 Å². The van der Waals surface area contributed by atoms with E-state index in [1.54, 1.807) is 31.2 Å². The van der Waals surface area contributed by atoms with Crippen LogP contribution in [0.3, 0.4) is 0 Å². The summed E-state index contributed by atoms with van der Waals surface area (Å²) in [5.74, 6) is 0.220. The van der Waals surface area contributed by atoms with Gasteiger partial charge in [0.2, 0.25) is 15.9 Å². The molecule has 0 aliphatic rings. The molecule has 2 aromatic carbocycles. The van der Waals surface area contributed by atoms with Crippen LogP contribution in [-0.4, -0.2) is 27.5 Å². The van der Waals surface area contributed by atoms with Gasteiger partial charge in [0.05, 0.1) is 18.0 Å². The number of amides is 1. The van der Waals surface area contributed by atoms with Gasteiger partial charge >= 0.3 is 0 Å². The third-order valence-electron chi connectivity index (χ3n) is 3.31. The Hall–Kier alpha value is -2.09. The zero-order valence-electron chi connectivity index (χ0n) is 13.9. The van der Waals surface area contributed by atoms with Crippen LogP contribution in [0.1, 0.15) is 12.5 Å². The first-order valence-corrected chi connectivity index (χ1v) is 9.46. The molecule has 6 nitrogen and oxygen atoms in total. The van der Waals surface area contributed by atoms with Gasteiger partial charge in [-0.2, -0.15) is 0 Å². The number of nitrogens with one attached hydrogen (secondary N) is 2. The number of carbonyl (C=O) groups excluding carboxylic acids is 1. The summed E-state index contributed by atoms with van der Waals surface area (Å²) in [6, 6.07) is 11.2. The largest absolute Gasteiger partial charge is 0.494 e. The predicted molar refractivity (Wildman–Crippen MR) is 97.6 cm³/mol. The fourth-order valence-corrected chi connectivity index (χ4v) is 3.22. The molecule has 134 valence electrons. The monoisotopic (exact) mass is 382 g/mol. The van der Waals surface area contributed by atoms with Crippen molar-refractivity contribution in [2.45, 2.75) is 18.7 Å². The van der Waals surface area contributed by atoms with E-state index in [-0.39, 0.29) is 11.4 Å². The van der Waals surface area contributed by atoms with E-state index in [0.29, 0.717) is 28.6 Å². The highest BCUT2D eigenvalue weighted by Gasteiger charge is 2.16. The first-order chi connectivity index (χ1) is 11.8. The van der Waals surface area contributed by atoms with Gasteiger partial charge in [0.15, 0.2) is 0 Å². The van der Waals surface area contributed by atoms with E-state index in [1.165, 1.54) is 18.2 Å². The van der Waals surface area contributed by atoms with Crippen LogP contribution >= 0.6 is 11.6 Å². The number of aryl methyl sites for hydroxylation is 1. The van der Waals surface area contributed by atoms with Crippen molar-refractivity contribution in [1.29, 1.82) is 0 Å². The average Bonchev–Trinajstić information content (AvgIpc) is 2.57. The van der Waals surface area contributed by atoms with E-state index in [1.807, 2.05) is 6.92 Å². The molecule has 0 atom stereocenters. The normalized spacial score (nSPS) is 11.2. The summed E-state index contributed by atoms with van der Waals surface area (Å²) in [6.07, 6.45) is 0. The number of sulfonamides is 1. The van der Waals surface area contributed by atoms with Crippen molar-refractivity contribution in [2.75, 3.05) is 18.5 Å². The van der Waals surface area contributed by atoms with E-state index >= 15 is 0 Å². The second-order valence-corrected chi connectivity index (χ2v) is 7.42. The van der Waals surface area contributed by atoms with Gasteiger partial charge in [-0.3, -0.25) is 4.79 Å². The Labute approximate surface area is 152 Å². The average molecular weight is 383 g/mol. The van der Waals surface area contributed by atoms with E-state index in [0.717, 1.165) is 0 Å². The molecule has 1 amide bonds. The van der Waals surface area contributed by atoms with Gasteiger partial charge in [0.1, 0.15) is 5.75 Å². The molecule has 0 aliphatic heterocycles. The molecular weight excluding hydrogens is 364 g/mol. The van der Waals surface area contributed by atoms with Crippen LogP contribution in [0.2, 0.25) is 5.02 Å². The zero-order valence-corrected chi connectivity index (χ0v) is 15.4. The second-order valence-electron chi connectivity index (χ2n) is 5.24. The third kappa shape index (κ3) is 5.45. The number of rotatable bonds is 7. The Kier molecular flexibility index (Phi) is 6.41. The van der Waals surface area contributed by atoms with Gasteiger partial charge in [-0.15, -0.1) is 0 Å². The number of ether oxygens (including phenoxy) is 1.